The number of anilines is 1. The van der Waals surface area contributed by atoms with Gasteiger partial charge < -0.3 is 20.0 Å². The first-order valence-corrected chi connectivity index (χ1v) is 15.3. The molecule has 0 bridgehead atoms. The predicted molar refractivity (Wildman–Crippen MR) is 163 cm³/mol. The smallest absolute Gasteiger partial charge is 0.328 e. The topological polar surface area (TPSA) is 136 Å². The van der Waals surface area contributed by atoms with Gasteiger partial charge in [0.1, 0.15) is 6.04 Å². The van der Waals surface area contributed by atoms with Gasteiger partial charge in [-0.15, -0.1) is 0 Å². The number of carboxylic acid groups (broad SMARTS) is 2. The molecule has 2 aromatic rings. The number of carbonyl (C=O) groups is 5. The molecular weight excluding hydrogens is 562 g/mol. The van der Waals surface area contributed by atoms with Gasteiger partial charge in [0.15, 0.2) is 0 Å². The molecule has 2 aromatic carbocycles. The van der Waals surface area contributed by atoms with Crippen LogP contribution < -0.4 is 4.90 Å². The van der Waals surface area contributed by atoms with E-state index < -0.39 is 23.5 Å². The van der Waals surface area contributed by atoms with Gasteiger partial charge in [-0.05, 0) is 74.6 Å². The minimum atomic E-state index is -1.26. The molecule has 6 rings (SSSR count). The molecule has 3 aliphatic heterocycles. The lowest BCUT2D eigenvalue weighted by Crippen LogP contribution is -2.82. The molecule has 1 atom stereocenters. The molecule has 1 unspecified atom stereocenters. The van der Waals surface area contributed by atoms with E-state index in [0.717, 1.165) is 43.5 Å². The number of likely N-dealkylation sites (tertiary alicyclic amines) is 1. The number of para-hydroxylation sites is 1. The Kier molecular flexibility index (Phi) is 9.01. The number of carbonyl (C=O) groups excluding carboxylic acids is 3. The maximum Gasteiger partial charge on any atom is 0.328 e. The zero-order valence-electron chi connectivity index (χ0n) is 25.1. The highest BCUT2D eigenvalue weighted by atomic mass is 16.4. The van der Waals surface area contributed by atoms with Crippen LogP contribution in [0.25, 0.3) is 0 Å². The summed E-state index contributed by atoms with van der Waals surface area (Å²) < 4.78 is 0. The van der Waals surface area contributed by atoms with Crippen molar-refractivity contribution < 1.29 is 34.2 Å². The third-order valence-electron chi connectivity index (χ3n) is 9.74. The number of carboxylic acids is 2. The second kappa shape index (κ2) is 12.7. The van der Waals surface area contributed by atoms with Gasteiger partial charge in [-0.2, -0.15) is 0 Å². The second-order valence-corrected chi connectivity index (χ2v) is 12.4. The number of hydrogen-bond donors (Lipinski definition) is 2. The Morgan fingerprint density at radius 1 is 0.795 bits per heavy atom. The average molecular weight is 602 g/mol. The standard InChI is InChI=1S/C30H35N3O3.C4H4O4/c1-20(2)21-12-14-22(15-13-21)31-18-16-30(17-19-31)26(29(36)33(30)23-8-4-3-5-9-23)32-27(34)24-10-6-7-11-25(24)28(32)35;5-3(6)1-2-4(7)8/h3-11,20-22,26H,12-19H2,1-2H3;1-2H,(H,5,6)(H,7,8)/b;2-1+. The number of β-lactam (4-membered cyclic amide) rings is 1. The van der Waals surface area contributed by atoms with Crippen molar-refractivity contribution in [2.75, 3.05) is 18.0 Å². The second-order valence-electron chi connectivity index (χ2n) is 12.4. The predicted octanol–water partition coefficient (Wildman–Crippen LogP) is 4.46. The highest BCUT2D eigenvalue weighted by Crippen LogP contribution is 2.49. The summed E-state index contributed by atoms with van der Waals surface area (Å²) in [5, 5.41) is 15.6. The maximum absolute atomic E-state index is 13.7. The van der Waals surface area contributed by atoms with Gasteiger partial charge >= 0.3 is 11.9 Å². The molecule has 2 saturated heterocycles. The van der Waals surface area contributed by atoms with Gasteiger partial charge in [-0.25, -0.2) is 9.59 Å². The SMILES string of the molecule is CC(C)C1CCC(N2CCC3(CC2)C(N2C(=O)c4ccccc4C2=O)C(=O)N3c2ccccc2)CC1.O=C(O)/C=C/C(=O)O. The van der Waals surface area contributed by atoms with Crippen LogP contribution in [0.2, 0.25) is 0 Å². The zero-order valence-corrected chi connectivity index (χ0v) is 25.1. The van der Waals surface area contributed by atoms with E-state index >= 15 is 0 Å². The number of amides is 3. The van der Waals surface area contributed by atoms with Gasteiger partial charge in [0.25, 0.3) is 17.7 Å². The van der Waals surface area contributed by atoms with Gasteiger partial charge in [-0.1, -0.05) is 44.2 Å². The lowest BCUT2D eigenvalue weighted by atomic mass is 9.69. The molecular formula is C34H39N3O7. The Morgan fingerprint density at radius 3 is 1.77 bits per heavy atom. The largest absolute Gasteiger partial charge is 0.478 e. The Balaban J connectivity index is 0.000000426. The van der Waals surface area contributed by atoms with Crippen LogP contribution in [0.3, 0.4) is 0 Å². The van der Waals surface area contributed by atoms with Crippen LogP contribution in [0.4, 0.5) is 5.69 Å². The summed E-state index contributed by atoms with van der Waals surface area (Å²) in [5.41, 5.74) is 1.10. The molecule has 1 spiro atoms. The first kappa shape index (κ1) is 31.1. The van der Waals surface area contributed by atoms with E-state index in [-0.39, 0.29) is 17.7 Å². The number of piperidine rings is 1. The van der Waals surface area contributed by atoms with Gasteiger partial charge in [-0.3, -0.25) is 19.3 Å². The third kappa shape index (κ3) is 5.78. The summed E-state index contributed by atoms with van der Waals surface area (Å²) >= 11 is 0. The lowest BCUT2D eigenvalue weighted by Gasteiger charge is -2.62. The Morgan fingerprint density at radius 2 is 1.30 bits per heavy atom. The van der Waals surface area contributed by atoms with Crippen LogP contribution >= 0.6 is 0 Å². The van der Waals surface area contributed by atoms with Crippen molar-refractivity contribution in [2.45, 2.75) is 70.0 Å². The number of imide groups is 1. The van der Waals surface area contributed by atoms with Crippen LogP contribution in [0.5, 0.6) is 0 Å². The fraction of sp³-hybridized carbons (Fsp3) is 0.441. The van der Waals surface area contributed by atoms with Crippen LogP contribution in [0.15, 0.2) is 66.7 Å². The summed E-state index contributed by atoms with van der Waals surface area (Å²) in [4.78, 5) is 65.3. The summed E-state index contributed by atoms with van der Waals surface area (Å²) in [5.74, 6) is -1.77. The van der Waals surface area contributed by atoms with E-state index in [1.54, 1.807) is 24.3 Å². The number of benzene rings is 2. The lowest BCUT2D eigenvalue weighted by molar-refractivity contribution is -0.138. The first-order valence-electron chi connectivity index (χ1n) is 15.3. The Labute approximate surface area is 256 Å². The van der Waals surface area contributed by atoms with Crippen LogP contribution in [0, 0.1) is 11.8 Å². The van der Waals surface area contributed by atoms with Crippen LogP contribution in [0.1, 0.15) is 73.1 Å². The number of aliphatic carboxylic acids is 2. The normalized spacial score (nSPS) is 24.7. The number of rotatable bonds is 6. The molecule has 232 valence electrons. The molecule has 4 aliphatic rings. The maximum atomic E-state index is 13.7. The minimum absolute atomic E-state index is 0.151. The van der Waals surface area contributed by atoms with Crippen molar-refractivity contribution in [3.8, 4) is 0 Å². The van der Waals surface area contributed by atoms with E-state index in [9.17, 15) is 24.0 Å². The van der Waals surface area contributed by atoms with E-state index in [1.165, 1.54) is 30.6 Å². The molecule has 10 heteroatoms. The third-order valence-corrected chi connectivity index (χ3v) is 9.74. The zero-order chi connectivity index (χ0) is 31.6. The van der Waals surface area contributed by atoms with E-state index in [2.05, 4.69) is 18.7 Å². The van der Waals surface area contributed by atoms with E-state index in [1.807, 2.05) is 35.2 Å². The summed E-state index contributed by atoms with van der Waals surface area (Å²) in [7, 11) is 0. The molecule has 3 amide bonds. The van der Waals surface area contributed by atoms with Gasteiger partial charge in [0, 0.05) is 37.0 Å². The fourth-order valence-corrected chi connectivity index (χ4v) is 7.43. The molecule has 1 saturated carbocycles. The highest BCUT2D eigenvalue weighted by Gasteiger charge is 2.66. The Hall–Kier alpha value is -4.31. The molecule has 0 aromatic heterocycles. The van der Waals surface area contributed by atoms with Crippen molar-refractivity contribution in [1.82, 2.24) is 9.80 Å². The van der Waals surface area contributed by atoms with Gasteiger partial charge in [0.2, 0.25) is 0 Å². The molecule has 1 aliphatic carbocycles. The van der Waals surface area contributed by atoms with Crippen molar-refractivity contribution in [3.63, 3.8) is 0 Å². The molecule has 3 fully saturated rings. The number of nitrogens with zero attached hydrogens (tertiary/aromatic N) is 3. The van der Waals surface area contributed by atoms with Crippen LogP contribution in [-0.2, 0) is 14.4 Å². The quantitative estimate of drug-likeness (QED) is 0.282. The van der Waals surface area contributed by atoms with Crippen LogP contribution in [-0.4, -0.2) is 80.4 Å². The van der Waals surface area contributed by atoms with E-state index in [0.29, 0.717) is 29.3 Å². The minimum Gasteiger partial charge on any atom is -0.478 e. The molecule has 10 nitrogen and oxygen atoms in total. The summed E-state index contributed by atoms with van der Waals surface area (Å²) in [6.45, 7) is 6.43. The monoisotopic (exact) mass is 601 g/mol. The molecule has 2 N–H and O–H groups in total. The number of fused-ring (bicyclic) bond motifs is 1. The van der Waals surface area contributed by atoms with Crippen molar-refractivity contribution in [1.29, 1.82) is 0 Å². The van der Waals surface area contributed by atoms with Crippen molar-refractivity contribution in [3.05, 3.63) is 77.9 Å². The van der Waals surface area contributed by atoms with Gasteiger partial charge in [0.05, 0.1) is 16.7 Å². The average Bonchev–Trinajstić information content (AvgIpc) is 3.26. The van der Waals surface area contributed by atoms with Crippen molar-refractivity contribution >= 4 is 35.3 Å². The first-order chi connectivity index (χ1) is 21.0. The molecule has 0 radical (unpaired) electrons. The number of hydrogen-bond acceptors (Lipinski definition) is 6. The van der Waals surface area contributed by atoms with E-state index in [4.69, 9.17) is 10.2 Å². The Bertz CT molecular complexity index is 1400. The molecule has 44 heavy (non-hydrogen) atoms. The van der Waals surface area contributed by atoms with Crippen molar-refractivity contribution in [2.24, 2.45) is 11.8 Å². The highest BCUT2D eigenvalue weighted by molar-refractivity contribution is 6.25. The summed E-state index contributed by atoms with van der Waals surface area (Å²) in [6.07, 6.45) is 7.68. The summed E-state index contributed by atoms with van der Waals surface area (Å²) in [6, 6.07) is 16.5. The fourth-order valence-electron chi connectivity index (χ4n) is 7.43. The molecule has 3 heterocycles.